The molecule has 3 aromatic rings. The number of para-hydroxylation sites is 3. The number of amides is 1. The van der Waals surface area contributed by atoms with Gasteiger partial charge in [0.2, 0.25) is 5.91 Å². The highest BCUT2D eigenvalue weighted by Crippen LogP contribution is 2.33. The number of benzene rings is 2. The minimum atomic E-state index is 0.111. The molecule has 2 saturated heterocycles. The van der Waals surface area contributed by atoms with E-state index >= 15 is 0 Å². The van der Waals surface area contributed by atoms with Crippen LogP contribution in [0, 0.1) is 0 Å². The van der Waals surface area contributed by atoms with Crippen molar-refractivity contribution in [2.24, 2.45) is 0 Å². The minimum absolute atomic E-state index is 0.111. The van der Waals surface area contributed by atoms with Gasteiger partial charge in [0.25, 0.3) is 0 Å². The largest absolute Gasteiger partial charge is 0.379 e. The van der Waals surface area contributed by atoms with Gasteiger partial charge in [0, 0.05) is 50.7 Å². The van der Waals surface area contributed by atoms with E-state index in [9.17, 15) is 4.79 Å². The fourth-order valence-electron chi connectivity index (χ4n) is 4.45. The number of imidazole rings is 1. The van der Waals surface area contributed by atoms with Crippen molar-refractivity contribution in [1.29, 1.82) is 0 Å². The second kappa shape index (κ2) is 7.97. The lowest BCUT2D eigenvalue weighted by molar-refractivity contribution is -0.117. The molecule has 0 spiro atoms. The summed E-state index contributed by atoms with van der Waals surface area (Å²) in [7, 11) is 0. The SMILES string of the molecule is O=C1C[C@@H](c2nc3ccccc3n2CCN2CCOCC2)CN1c1ccccc1. The van der Waals surface area contributed by atoms with E-state index in [1.807, 2.05) is 41.3 Å². The molecule has 6 heteroatoms. The molecule has 2 fully saturated rings. The first kappa shape index (κ1) is 18.3. The fourth-order valence-corrected chi connectivity index (χ4v) is 4.45. The van der Waals surface area contributed by atoms with Gasteiger partial charge in [-0.2, -0.15) is 0 Å². The number of nitrogens with zero attached hydrogens (tertiary/aromatic N) is 4. The third kappa shape index (κ3) is 3.66. The zero-order valence-electron chi connectivity index (χ0n) is 16.5. The Morgan fingerprint density at radius 2 is 1.72 bits per heavy atom. The number of anilines is 1. The van der Waals surface area contributed by atoms with Crippen LogP contribution in [0.5, 0.6) is 0 Å². The van der Waals surface area contributed by atoms with Crippen molar-refractivity contribution >= 4 is 22.6 Å². The van der Waals surface area contributed by atoms with Gasteiger partial charge in [0.15, 0.2) is 0 Å². The average Bonchev–Trinajstić information content (AvgIpc) is 3.34. The number of carbonyl (C=O) groups excluding carboxylic acids is 1. The molecule has 2 aliphatic heterocycles. The first-order valence-electron chi connectivity index (χ1n) is 10.4. The zero-order chi connectivity index (χ0) is 19.6. The van der Waals surface area contributed by atoms with Gasteiger partial charge < -0.3 is 14.2 Å². The van der Waals surface area contributed by atoms with E-state index < -0.39 is 0 Å². The number of carbonyl (C=O) groups is 1. The van der Waals surface area contributed by atoms with Crippen molar-refractivity contribution in [3.63, 3.8) is 0 Å². The Morgan fingerprint density at radius 3 is 2.55 bits per heavy atom. The van der Waals surface area contributed by atoms with Crippen LogP contribution in [-0.4, -0.2) is 59.8 Å². The molecule has 2 aromatic carbocycles. The molecule has 3 heterocycles. The standard InChI is InChI=1S/C23H26N4O2/c28-22-16-18(17-27(22)19-6-2-1-3-7-19)23-24-20-8-4-5-9-21(20)26(23)11-10-25-12-14-29-15-13-25/h1-9,18H,10-17H2/t18-/m1/s1. The molecule has 1 atom stereocenters. The van der Waals surface area contributed by atoms with Crippen LogP contribution in [0.3, 0.4) is 0 Å². The minimum Gasteiger partial charge on any atom is -0.379 e. The number of hydrogen-bond donors (Lipinski definition) is 0. The topological polar surface area (TPSA) is 50.6 Å². The monoisotopic (exact) mass is 390 g/mol. The van der Waals surface area contributed by atoms with Crippen LogP contribution in [0.1, 0.15) is 18.2 Å². The van der Waals surface area contributed by atoms with Crippen LogP contribution in [0.15, 0.2) is 54.6 Å². The molecule has 29 heavy (non-hydrogen) atoms. The lowest BCUT2D eigenvalue weighted by Gasteiger charge is -2.27. The Balaban J connectivity index is 1.42. The van der Waals surface area contributed by atoms with Gasteiger partial charge >= 0.3 is 0 Å². The van der Waals surface area contributed by atoms with E-state index in [-0.39, 0.29) is 11.8 Å². The summed E-state index contributed by atoms with van der Waals surface area (Å²) >= 11 is 0. The first-order valence-corrected chi connectivity index (χ1v) is 10.4. The molecule has 2 aliphatic rings. The smallest absolute Gasteiger partial charge is 0.227 e. The van der Waals surface area contributed by atoms with Crippen molar-refractivity contribution in [1.82, 2.24) is 14.5 Å². The van der Waals surface area contributed by atoms with Crippen molar-refractivity contribution in [2.75, 3.05) is 44.3 Å². The molecular weight excluding hydrogens is 364 g/mol. The van der Waals surface area contributed by atoms with Crippen LogP contribution in [0.25, 0.3) is 11.0 Å². The lowest BCUT2D eigenvalue weighted by atomic mass is 10.1. The van der Waals surface area contributed by atoms with E-state index in [2.05, 4.69) is 27.7 Å². The number of ether oxygens (including phenoxy) is 1. The Bertz CT molecular complexity index is 995. The normalized spacial score (nSPS) is 20.6. The highest BCUT2D eigenvalue weighted by Gasteiger charge is 2.34. The summed E-state index contributed by atoms with van der Waals surface area (Å²) in [4.78, 5) is 22.1. The van der Waals surface area contributed by atoms with Gasteiger partial charge in [-0.25, -0.2) is 4.98 Å². The third-order valence-electron chi connectivity index (χ3n) is 5.99. The Hall–Kier alpha value is -2.70. The highest BCUT2D eigenvalue weighted by atomic mass is 16.5. The van der Waals surface area contributed by atoms with Crippen molar-refractivity contribution in [3.8, 4) is 0 Å². The molecule has 1 aromatic heterocycles. The maximum atomic E-state index is 12.8. The molecule has 0 bridgehead atoms. The number of aromatic nitrogens is 2. The second-order valence-corrected chi connectivity index (χ2v) is 7.81. The molecular formula is C23H26N4O2. The molecule has 1 amide bonds. The molecule has 0 aliphatic carbocycles. The molecule has 0 N–H and O–H groups in total. The van der Waals surface area contributed by atoms with Gasteiger partial charge in [0.1, 0.15) is 5.82 Å². The summed E-state index contributed by atoms with van der Waals surface area (Å²) in [6, 6.07) is 18.2. The van der Waals surface area contributed by atoms with Gasteiger partial charge in [-0.05, 0) is 24.3 Å². The van der Waals surface area contributed by atoms with E-state index in [0.29, 0.717) is 13.0 Å². The highest BCUT2D eigenvalue weighted by molar-refractivity contribution is 5.96. The molecule has 6 nitrogen and oxygen atoms in total. The summed E-state index contributed by atoms with van der Waals surface area (Å²) in [5, 5.41) is 0. The molecule has 0 radical (unpaired) electrons. The average molecular weight is 390 g/mol. The predicted octanol–water partition coefficient (Wildman–Crippen LogP) is 2.89. The molecule has 150 valence electrons. The summed E-state index contributed by atoms with van der Waals surface area (Å²) in [5.74, 6) is 1.32. The molecule has 0 unspecified atom stereocenters. The Kier molecular flexibility index (Phi) is 5.04. The van der Waals surface area contributed by atoms with Crippen LogP contribution < -0.4 is 4.90 Å². The summed E-state index contributed by atoms with van der Waals surface area (Å²) < 4.78 is 7.80. The zero-order valence-corrected chi connectivity index (χ0v) is 16.5. The maximum Gasteiger partial charge on any atom is 0.227 e. The van der Waals surface area contributed by atoms with Crippen LogP contribution >= 0.6 is 0 Å². The Morgan fingerprint density at radius 1 is 0.966 bits per heavy atom. The van der Waals surface area contributed by atoms with Crippen LogP contribution in [0.4, 0.5) is 5.69 Å². The van der Waals surface area contributed by atoms with E-state index in [1.165, 1.54) is 0 Å². The predicted molar refractivity (Wildman–Crippen MR) is 113 cm³/mol. The first-order chi connectivity index (χ1) is 14.3. The van der Waals surface area contributed by atoms with E-state index in [1.54, 1.807) is 0 Å². The maximum absolute atomic E-state index is 12.8. The molecule has 0 saturated carbocycles. The number of morpholine rings is 1. The number of hydrogen-bond acceptors (Lipinski definition) is 4. The quantitative estimate of drug-likeness (QED) is 0.672. The van der Waals surface area contributed by atoms with Crippen molar-refractivity contribution in [3.05, 3.63) is 60.4 Å². The van der Waals surface area contributed by atoms with Gasteiger partial charge in [0.05, 0.1) is 24.2 Å². The second-order valence-electron chi connectivity index (χ2n) is 7.81. The molecule has 5 rings (SSSR count). The van der Waals surface area contributed by atoms with Crippen molar-refractivity contribution < 1.29 is 9.53 Å². The third-order valence-corrected chi connectivity index (χ3v) is 5.99. The van der Waals surface area contributed by atoms with E-state index in [0.717, 1.165) is 61.9 Å². The number of rotatable bonds is 5. The summed E-state index contributed by atoms with van der Waals surface area (Å²) in [5.41, 5.74) is 3.13. The van der Waals surface area contributed by atoms with Crippen LogP contribution in [-0.2, 0) is 16.1 Å². The lowest BCUT2D eigenvalue weighted by Crippen LogP contribution is -2.38. The van der Waals surface area contributed by atoms with Gasteiger partial charge in [-0.1, -0.05) is 30.3 Å². The summed E-state index contributed by atoms with van der Waals surface area (Å²) in [6.07, 6.45) is 0.510. The summed E-state index contributed by atoms with van der Waals surface area (Å²) in [6.45, 7) is 6.11. The Labute approximate surface area is 170 Å². The van der Waals surface area contributed by atoms with Gasteiger partial charge in [-0.15, -0.1) is 0 Å². The van der Waals surface area contributed by atoms with Crippen molar-refractivity contribution in [2.45, 2.75) is 18.9 Å². The van der Waals surface area contributed by atoms with Gasteiger partial charge in [-0.3, -0.25) is 9.69 Å². The van der Waals surface area contributed by atoms with Crippen LogP contribution in [0.2, 0.25) is 0 Å². The van der Waals surface area contributed by atoms with E-state index in [4.69, 9.17) is 9.72 Å². The fraction of sp³-hybridized carbons (Fsp3) is 0.391. The number of fused-ring (bicyclic) bond motifs is 1.